The third-order valence-electron chi connectivity index (χ3n) is 3.79. The molecule has 0 aliphatic heterocycles. The molecule has 0 fully saturated rings. The van der Waals surface area contributed by atoms with E-state index in [-0.39, 0.29) is 11.5 Å². The van der Waals surface area contributed by atoms with Crippen molar-refractivity contribution in [2.24, 2.45) is 0 Å². The lowest BCUT2D eigenvalue weighted by atomic mass is 10.2. The van der Waals surface area contributed by atoms with E-state index >= 15 is 0 Å². The quantitative estimate of drug-likeness (QED) is 0.639. The molecule has 0 atom stereocenters. The average molecular weight is 404 g/mol. The highest BCUT2D eigenvalue weighted by Crippen LogP contribution is 2.40. The largest absolute Gasteiger partial charge is 0.493 e. The maximum Gasteiger partial charge on any atom is 0.257 e. The Labute approximate surface area is 171 Å². The van der Waals surface area contributed by atoms with Gasteiger partial charge in [-0.15, -0.1) is 0 Å². The summed E-state index contributed by atoms with van der Waals surface area (Å²) in [6, 6.07) is 6.58. The number of benzene rings is 1. The molecule has 1 aromatic heterocycles. The maximum atomic E-state index is 12.5. The van der Waals surface area contributed by atoms with Gasteiger partial charge in [-0.1, -0.05) is 0 Å². The minimum Gasteiger partial charge on any atom is -0.493 e. The van der Waals surface area contributed by atoms with Gasteiger partial charge in [-0.3, -0.25) is 4.79 Å². The van der Waals surface area contributed by atoms with Crippen molar-refractivity contribution in [2.45, 2.75) is 26.4 Å². The number of rotatable bonds is 9. The minimum absolute atomic E-state index is 0.217. The molecule has 2 rings (SSSR count). The smallest absolute Gasteiger partial charge is 0.257 e. The molecule has 158 valence electrons. The van der Waals surface area contributed by atoms with Crippen molar-refractivity contribution in [1.82, 2.24) is 4.98 Å². The number of nitrogens with one attached hydrogen (secondary N) is 1. The Bertz CT molecular complexity index is 790. The van der Waals surface area contributed by atoms with Gasteiger partial charge in [0.1, 0.15) is 6.61 Å². The standard InChI is InChI=1S/C21H28N2O6/c1-21(2,3)29-10-9-28-18-8-7-14(13-22-18)20(24)23-15-11-16(25-4)19(27-6)17(12-15)26-5/h7-8,11-13H,9-10H2,1-6H3,(H,23,24). The first kappa shape index (κ1) is 22.3. The van der Waals surface area contributed by atoms with Gasteiger partial charge < -0.3 is 29.0 Å². The second-order valence-corrected chi connectivity index (χ2v) is 7.06. The first-order valence-electron chi connectivity index (χ1n) is 9.11. The summed E-state index contributed by atoms with van der Waals surface area (Å²) in [5.74, 6) is 1.44. The number of aromatic nitrogens is 1. The zero-order valence-corrected chi connectivity index (χ0v) is 17.7. The molecule has 1 N–H and O–H groups in total. The van der Waals surface area contributed by atoms with Crippen LogP contribution in [0, 0.1) is 0 Å². The minimum atomic E-state index is -0.325. The van der Waals surface area contributed by atoms with Gasteiger partial charge in [-0.25, -0.2) is 4.98 Å². The van der Waals surface area contributed by atoms with Crippen molar-refractivity contribution in [2.75, 3.05) is 39.9 Å². The summed E-state index contributed by atoms with van der Waals surface area (Å²) in [4.78, 5) is 16.7. The van der Waals surface area contributed by atoms with Crippen LogP contribution in [0.15, 0.2) is 30.5 Å². The SMILES string of the molecule is COc1cc(NC(=O)c2ccc(OCCOC(C)(C)C)nc2)cc(OC)c1OC. The molecule has 0 saturated carbocycles. The van der Waals surface area contributed by atoms with Crippen molar-refractivity contribution in [3.05, 3.63) is 36.0 Å². The topological polar surface area (TPSA) is 88.1 Å². The van der Waals surface area contributed by atoms with Gasteiger partial charge in [0.15, 0.2) is 11.5 Å². The van der Waals surface area contributed by atoms with Crippen molar-refractivity contribution >= 4 is 11.6 Å². The molecule has 2 aromatic rings. The Balaban J connectivity index is 2.00. The third kappa shape index (κ3) is 6.53. The van der Waals surface area contributed by atoms with Gasteiger partial charge in [-0.05, 0) is 26.8 Å². The number of hydrogen-bond donors (Lipinski definition) is 1. The molecule has 0 bridgehead atoms. The lowest BCUT2D eigenvalue weighted by Gasteiger charge is -2.19. The highest BCUT2D eigenvalue weighted by molar-refractivity contribution is 6.04. The van der Waals surface area contributed by atoms with Crippen molar-refractivity contribution < 1.29 is 28.5 Å². The van der Waals surface area contributed by atoms with E-state index in [0.29, 0.717) is 47.6 Å². The number of hydrogen-bond acceptors (Lipinski definition) is 7. The highest BCUT2D eigenvalue weighted by Gasteiger charge is 2.15. The molecule has 0 saturated heterocycles. The van der Waals surface area contributed by atoms with Crippen LogP contribution < -0.4 is 24.3 Å². The Morgan fingerprint density at radius 1 is 1.00 bits per heavy atom. The first-order valence-corrected chi connectivity index (χ1v) is 9.11. The van der Waals surface area contributed by atoms with Gasteiger partial charge in [0, 0.05) is 30.1 Å². The van der Waals surface area contributed by atoms with Crippen molar-refractivity contribution in [3.63, 3.8) is 0 Å². The molecule has 1 heterocycles. The Morgan fingerprint density at radius 2 is 1.66 bits per heavy atom. The fourth-order valence-corrected chi connectivity index (χ4v) is 2.45. The molecule has 29 heavy (non-hydrogen) atoms. The number of carbonyl (C=O) groups excluding carboxylic acids is 1. The molecule has 0 radical (unpaired) electrons. The summed E-state index contributed by atoms with van der Waals surface area (Å²) in [5.41, 5.74) is 0.673. The molecule has 1 aromatic carbocycles. The molecular formula is C21H28N2O6. The molecular weight excluding hydrogens is 376 g/mol. The lowest BCUT2D eigenvalue weighted by molar-refractivity contribution is -0.0168. The van der Waals surface area contributed by atoms with Crippen LogP contribution >= 0.6 is 0 Å². The second-order valence-electron chi connectivity index (χ2n) is 7.06. The van der Waals surface area contributed by atoms with Crippen molar-refractivity contribution in [3.8, 4) is 23.1 Å². The zero-order chi connectivity index (χ0) is 21.4. The Morgan fingerprint density at radius 3 is 2.14 bits per heavy atom. The van der Waals surface area contributed by atoms with E-state index < -0.39 is 0 Å². The number of nitrogens with zero attached hydrogens (tertiary/aromatic N) is 1. The lowest BCUT2D eigenvalue weighted by Crippen LogP contribution is -2.22. The molecule has 8 nitrogen and oxygen atoms in total. The first-order chi connectivity index (χ1) is 13.8. The fourth-order valence-electron chi connectivity index (χ4n) is 2.45. The van der Waals surface area contributed by atoms with E-state index in [1.54, 1.807) is 24.3 Å². The predicted octanol–water partition coefficient (Wildman–Crippen LogP) is 3.55. The van der Waals surface area contributed by atoms with Crippen LogP contribution in [0.4, 0.5) is 5.69 Å². The highest BCUT2D eigenvalue weighted by atomic mass is 16.5. The summed E-state index contributed by atoms with van der Waals surface area (Å²) in [6.45, 7) is 6.77. The number of methoxy groups -OCH3 is 3. The second kappa shape index (κ2) is 9.97. The Kier molecular flexibility index (Phi) is 7.67. The summed E-state index contributed by atoms with van der Waals surface area (Å²) in [5, 5.41) is 2.79. The summed E-state index contributed by atoms with van der Waals surface area (Å²) >= 11 is 0. The summed E-state index contributed by atoms with van der Waals surface area (Å²) in [6.07, 6.45) is 1.45. The third-order valence-corrected chi connectivity index (χ3v) is 3.79. The maximum absolute atomic E-state index is 12.5. The van der Waals surface area contributed by atoms with Crippen LogP contribution in [0.2, 0.25) is 0 Å². The van der Waals surface area contributed by atoms with Crippen LogP contribution in [-0.2, 0) is 4.74 Å². The van der Waals surface area contributed by atoms with E-state index in [1.165, 1.54) is 27.5 Å². The molecule has 0 aliphatic rings. The summed E-state index contributed by atoms with van der Waals surface area (Å²) in [7, 11) is 4.54. The number of amides is 1. The Hall–Kier alpha value is -3.00. The summed E-state index contributed by atoms with van der Waals surface area (Å²) < 4.78 is 27.0. The monoisotopic (exact) mass is 404 g/mol. The van der Waals surface area contributed by atoms with Gasteiger partial charge in [-0.2, -0.15) is 0 Å². The number of pyridine rings is 1. The molecule has 0 aliphatic carbocycles. The number of anilines is 1. The molecule has 1 amide bonds. The van der Waals surface area contributed by atoms with E-state index in [0.717, 1.165) is 0 Å². The van der Waals surface area contributed by atoms with Crippen LogP contribution in [0.1, 0.15) is 31.1 Å². The van der Waals surface area contributed by atoms with Crippen molar-refractivity contribution in [1.29, 1.82) is 0 Å². The van der Waals surface area contributed by atoms with Gasteiger partial charge in [0.25, 0.3) is 5.91 Å². The van der Waals surface area contributed by atoms with Gasteiger partial charge >= 0.3 is 0 Å². The molecule has 0 unspecified atom stereocenters. The van der Waals surface area contributed by atoms with Crippen LogP contribution in [-0.4, -0.2) is 51.0 Å². The van der Waals surface area contributed by atoms with Gasteiger partial charge in [0.05, 0.1) is 39.1 Å². The van der Waals surface area contributed by atoms with Gasteiger partial charge in [0.2, 0.25) is 11.6 Å². The normalized spacial score (nSPS) is 11.0. The number of ether oxygens (including phenoxy) is 5. The van der Waals surface area contributed by atoms with Crippen LogP contribution in [0.25, 0.3) is 0 Å². The molecule has 0 spiro atoms. The molecule has 8 heteroatoms. The van der Waals surface area contributed by atoms with E-state index in [2.05, 4.69) is 10.3 Å². The van der Waals surface area contributed by atoms with E-state index in [1.807, 2.05) is 20.8 Å². The van der Waals surface area contributed by atoms with E-state index in [9.17, 15) is 4.79 Å². The number of carbonyl (C=O) groups is 1. The van der Waals surface area contributed by atoms with Crippen LogP contribution in [0.5, 0.6) is 23.1 Å². The zero-order valence-electron chi connectivity index (χ0n) is 17.7. The average Bonchev–Trinajstić information content (AvgIpc) is 2.70. The fraction of sp³-hybridized carbons (Fsp3) is 0.429. The van der Waals surface area contributed by atoms with Crippen LogP contribution in [0.3, 0.4) is 0 Å². The predicted molar refractivity (Wildman–Crippen MR) is 109 cm³/mol. The van der Waals surface area contributed by atoms with E-state index in [4.69, 9.17) is 23.7 Å².